The van der Waals surface area contributed by atoms with E-state index in [0.29, 0.717) is 5.76 Å². The SMILES string of the molecule is CCc1ccc(C(=O)N(C)C(C)c2ccc(O)cc2)o1. The molecule has 1 heterocycles. The van der Waals surface area contributed by atoms with E-state index in [1.165, 1.54) is 0 Å². The Balaban J connectivity index is 2.15. The van der Waals surface area contributed by atoms with Gasteiger partial charge in [-0.25, -0.2) is 0 Å². The monoisotopic (exact) mass is 273 g/mol. The van der Waals surface area contributed by atoms with Crippen LogP contribution in [0.15, 0.2) is 40.8 Å². The van der Waals surface area contributed by atoms with E-state index >= 15 is 0 Å². The Bertz CT molecular complexity index is 586. The molecule has 0 aliphatic carbocycles. The minimum absolute atomic E-state index is 0.0988. The number of phenols is 1. The predicted molar refractivity (Wildman–Crippen MR) is 76.7 cm³/mol. The molecule has 0 aliphatic heterocycles. The second kappa shape index (κ2) is 5.82. The first kappa shape index (κ1) is 14.2. The lowest BCUT2D eigenvalue weighted by molar-refractivity contribution is 0.0708. The Labute approximate surface area is 118 Å². The highest BCUT2D eigenvalue weighted by Gasteiger charge is 2.21. The molecule has 0 saturated carbocycles. The van der Waals surface area contributed by atoms with Gasteiger partial charge in [-0.15, -0.1) is 0 Å². The number of benzene rings is 1. The molecule has 1 N–H and O–H groups in total. The molecule has 1 amide bonds. The van der Waals surface area contributed by atoms with Crippen LogP contribution in [0.4, 0.5) is 0 Å². The molecule has 106 valence electrons. The van der Waals surface area contributed by atoms with E-state index < -0.39 is 0 Å². The van der Waals surface area contributed by atoms with Crippen molar-refractivity contribution in [3.63, 3.8) is 0 Å². The molecule has 0 bridgehead atoms. The number of furan rings is 1. The van der Waals surface area contributed by atoms with Gasteiger partial charge < -0.3 is 14.4 Å². The molecular weight excluding hydrogens is 254 g/mol. The van der Waals surface area contributed by atoms with E-state index in [-0.39, 0.29) is 17.7 Å². The van der Waals surface area contributed by atoms with Crippen molar-refractivity contribution in [3.8, 4) is 5.75 Å². The molecule has 1 aromatic carbocycles. The van der Waals surface area contributed by atoms with Crippen LogP contribution in [0.25, 0.3) is 0 Å². The molecule has 0 aliphatic rings. The number of carbonyl (C=O) groups excluding carboxylic acids is 1. The number of rotatable bonds is 4. The molecule has 4 nitrogen and oxygen atoms in total. The van der Waals surface area contributed by atoms with E-state index in [1.54, 1.807) is 30.1 Å². The highest BCUT2D eigenvalue weighted by atomic mass is 16.4. The number of hydrogen-bond donors (Lipinski definition) is 1. The van der Waals surface area contributed by atoms with Gasteiger partial charge in [0.2, 0.25) is 0 Å². The van der Waals surface area contributed by atoms with Gasteiger partial charge in [0.05, 0.1) is 6.04 Å². The van der Waals surface area contributed by atoms with Crippen molar-refractivity contribution >= 4 is 5.91 Å². The van der Waals surface area contributed by atoms with Gasteiger partial charge >= 0.3 is 0 Å². The van der Waals surface area contributed by atoms with E-state index in [1.807, 2.05) is 32.0 Å². The Morgan fingerprint density at radius 1 is 1.25 bits per heavy atom. The average Bonchev–Trinajstić information content (AvgIpc) is 2.94. The number of phenolic OH excluding ortho intramolecular Hbond substituents is 1. The zero-order chi connectivity index (χ0) is 14.7. The van der Waals surface area contributed by atoms with Crippen molar-refractivity contribution in [1.82, 2.24) is 4.90 Å². The fourth-order valence-corrected chi connectivity index (χ4v) is 2.01. The van der Waals surface area contributed by atoms with Crippen LogP contribution in [0.1, 0.15) is 41.8 Å². The summed E-state index contributed by atoms with van der Waals surface area (Å²) < 4.78 is 5.49. The number of nitrogens with zero attached hydrogens (tertiary/aromatic N) is 1. The van der Waals surface area contributed by atoms with Crippen molar-refractivity contribution in [1.29, 1.82) is 0 Å². The minimum Gasteiger partial charge on any atom is -0.508 e. The molecule has 2 rings (SSSR count). The van der Waals surface area contributed by atoms with Crippen molar-refractivity contribution in [3.05, 3.63) is 53.5 Å². The first-order valence-electron chi connectivity index (χ1n) is 6.67. The van der Waals surface area contributed by atoms with Crippen LogP contribution >= 0.6 is 0 Å². The summed E-state index contributed by atoms with van der Waals surface area (Å²) in [5, 5.41) is 9.30. The van der Waals surface area contributed by atoms with Gasteiger partial charge in [-0.1, -0.05) is 19.1 Å². The summed E-state index contributed by atoms with van der Waals surface area (Å²) in [7, 11) is 1.74. The van der Waals surface area contributed by atoms with Gasteiger partial charge in [-0.05, 0) is 36.8 Å². The summed E-state index contributed by atoms with van der Waals surface area (Å²) >= 11 is 0. The van der Waals surface area contributed by atoms with E-state index in [2.05, 4.69) is 0 Å². The van der Waals surface area contributed by atoms with Gasteiger partial charge in [-0.3, -0.25) is 4.79 Å². The quantitative estimate of drug-likeness (QED) is 0.929. The fraction of sp³-hybridized carbons (Fsp3) is 0.312. The first-order chi connectivity index (χ1) is 9.52. The lowest BCUT2D eigenvalue weighted by atomic mass is 10.1. The largest absolute Gasteiger partial charge is 0.508 e. The number of carbonyl (C=O) groups is 1. The van der Waals surface area contributed by atoms with Crippen molar-refractivity contribution < 1.29 is 14.3 Å². The Morgan fingerprint density at radius 3 is 2.45 bits per heavy atom. The topological polar surface area (TPSA) is 53.7 Å². The Kier molecular flexibility index (Phi) is 4.13. The van der Waals surface area contributed by atoms with Crippen LogP contribution in [-0.2, 0) is 6.42 Å². The van der Waals surface area contributed by atoms with E-state index in [0.717, 1.165) is 17.7 Å². The summed E-state index contributed by atoms with van der Waals surface area (Å²) in [4.78, 5) is 14.0. The lowest BCUT2D eigenvalue weighted by Crippen LogP contribution is -2.29. The van der Waals surface area contributed by atoms with Crippen LogP contribution in [0.3, 0.4) is 0 Å². The van der Waals surface area contributed by atoms with Gasteiger partial charge in [0.25, 0.3) is 5.91 Å². The second-order valence-electron chi connectivity index (χ2n) is 4.80. The van der Waals surface area contributed by atoms with Crippen molar-refractivity contribution in [2.45, 2.75) is 26.3 Å². The molecule has 0 fully saturated rings. The summed E-state index contributed by atoms with van der Waals surface area (Å²) in [6.07, 6.45) is 0.768. The molecular formula is C16H19NO3. The molecule has 1 unspecified atom stereocenters. The highest BCUT2D eigenvalue weighted by Crippen LogP contribution is 2.23. The number of amides is 1. The molecule has 0 radical (unpaired) electrons. The van der Waals surface area contributed by atoms with Crippen LogP contribution in [0, 0.1) is 0 Å². The maximum Gasteiger partial charge on any atom is 0.289 e. The zero-order valence-corrected chi connectivity index (χ0v) is 12.0. The smallest absolute Gasteiger partial charge is 0.289 e. The summed E-state index contributed by atoms with van der Waals surface area (Å²) in [5.41, 5.74) is 0.959. The maximum absolute atomic E-state index is 12.3. The molecule has 1 aromatic heterocycles. The first-order valence-corrected chi connectivity index (χ1v) is 6.67. The van der Waals surface area contributed by atoms with Crippen molar-refractivity contribution in [2.75, 3.05) is 7.05 Å². The Hall–Kier alpha value is -2.23. The number of hydrogen-bond acceptors (Lipinski definition) is 3. The van der Waals surface area contributed by atoms with Gasteiger partial charge in [0.1, 0.15) is 11.5 Å². The summed E-state index contributed by atoms with van der Waals surface area (Å²) in [5.74, 6) is 1.23. The fourth-order valence-electron chi connectivity index (χ4n) is 2.01. The molecule has 20 heavy (non-hydrogen) atoms. The predicted octanol–water partition coefficient (Wildman–Crippen LogP) is 3.38. The zero-order valence-electron chi connectivity index (χ0n) is 12.0. The van der Waals surface area contributed by atoms with Crippen LogP contribution < -0.4 is 0 Å². The summed E-state index contributed by atoms with van der Waals surface area (Å²) in [6.45, 7) is 3.92. The van der Waals surface area contributed by atoms with Gasteiger partial charge in [0, 0.05) is 13.5 Å². The molecule has 2 aromatic rings. The third-order valence-corrected chi connectivity index (χ3v) is 3.50. The third kappa shape index (κ3) is 2.85. The Morgan fingerprint density at radius 2 is 1.90 bits per heavy atom. The van der Waals surface area contributed by atoms with E-state index in [9.17, 15) is 9.90 Å². The van der Waals surface area contributed by atoms with Crippen LogP contribution in [0.5, 0.6) is 5.75 Å². The van der Waals surface area contributed by atoms with Crippen LogP contribution in [-0.4, -0.2) is 23.0 Å². The molecule has 4 heteroatoms. The normalized spacial score (nSPS) is 12.2. The minimum atomic E-state index is -0.148. The lowest BCUT2D eigenvalue weighted by Gasteiger charge is -2.24. The number of aromatic hydroxyl groups is 1. The van der Waals surface area contributed by atoms with Gasteiger partial charge in [-0.2, -0.15) is 0 Å². The average molecular weight is 273 g/mol. The van der Waals surface area contributed by atoms with Crippen molar-refractivity contribution in [2.24, 2.45) is 0 Å². The van der Waals surface area contributed by atoms with Crippen LogP contribution in [0.2, 0.25) is 0 Å². The third-order valence-electron chi connectivity index (χ3n) is 3.50. The standard InChI is InChI=1S/C16H19NO3/c1-4-14-9-10-15(20-14)16(19)17(3)11(2)12-5-7-13(18)8-6-12/h5-11,18H,4H2,1-3H3. The molecule has 0 spiro atoms. The summed E-state index contributed by atoms with van der Waals surface area (Å²) in [6, 6.07) is 10.3. The molecule has 1 atom stereocenters. The highest BCUT2D eigenvalue weighted by molar-refractivity contribution is 5.91. The number of aryl methyl sites for hydroxylation is 1. The van der Waals surface area contributed by atoms with Gasteiger partial charge in [0.15, 0.2) is 5.76 Å². The van der Waals surface area contributed by atoms with E-state index in [4.69, 9.17) is 4.42 Å². The molecule has 0 saturated heterocycles. The maximum atomic E-state index is 12.3. The second-order valence-corrected chi connectivity index (χ2v) is 4.80.